The smallest absolute Gasteiger partial charge is 0.190 e. The molecule has 17 heavy (non-hydrogen) atoms. The van der Waals surface area contributed by atoms with Gasteiger partial charge in [0.1, 0.15) is 10.8 Å². The molecule has 0 unspecified atom stereocenters. The molecule has 1 rings (SSSR count). The SMILES string of the molecule is CCN(CC)CCSc1cc(N)nc(SC)n1. The number of thioether (sulfide) groups is 2. The molecule has 0 aliphatic rings. The van der Waals surface area contributed by atoms with Gasteiger partial charge in [-0.15, -0.1) is 11.8 Å². The molecule has 0 spiro atoms. The van der Waals surface area contributed by atoms with Crippen molar-refractivity contribution in [3.8, 4) is 0 Å². The predicted octanol–water partition coefficient (Wildman–Crippen LogP) is 2.21. The van der Waals surface area contributed by atoms with E-state index in [4.69, 9.17) is 5.73 Å². The molecule has 0 aliphatic carbocycles. The van der Waals surface area contributed by atoms with E-state index in [2.05, 4.69) is 28.7 Å². The molecule has 1 aromatic heterocycles. The number of aromatic nitrogens is 2. The van der Waals surface area contributed by atoms with E-state index in [1.807, 2.05) is 12.3 Å². The summed E-state index contributed by atoms with van der Waals surface area (Å²) in [4.78, 5) is 10.9. The van der Waals surface area contributed by atoms with Crippen molar-refractivity contribution in [1.82, 2.24) is 14.9 Å². The first kappa shape index (κ1) is 14.6. The van der Waals surface area contributed by atoms with Gasteiger partial charge in [0, 0.05) is 18.4 Å². The molecular weight excluding hydrogens is 252 g/mol. The van der Waals surface area contributed by atoms with E-state index in [9.17, 15) is 0 Å². The topological polar surface area (TPSA) is 55.0 Å². The van der Waals surface area contributed by atoms with Crippen LogP contribution in [0.3, 0.4) is 0 Å². The molecule has 0 radical (unpaired) electrons. The standard InChI is InChI=1S/C11H20N4S2/c1-4-15(5-2)6-7-17-10-8-9(12)13-11(14-10)16-3/h8H,4-7H2,1-3H3,(H2,12,13,14). The Balaban J connectivity index is 2.48. The summed E-state index contributed by atoms with van der Waals surface area (Å²) >= 11 is 3.26. The number of hydrogen-bond donors (Lipinski definition) is 1. The van der Waals surface area contributed by atoms with Crippen molar-refractivity contribution in [3.63, 3.8) is 0 Å². The minimum atomic E-state index is 0.551. The molecule has 2 N–H and O–H groups in total. The van der Waals surface area contributed by atoms with Crippen LogP contribution in [0.25, 0.3) is 0 Å². The molecule has 0 fully saturated rings. The van der Waals surface area contributed by atoms with Gasteiger partial charge in [0.25, 0.3) is 0 Å². The summed E-state index contributed by atoms with van der Waals surface area (Å²) in [5.74, 6) is 1.58. The molecule has 0 aromatic carbocycles. The molecule has 1 heterocycles. The van der Waals surface area contributed by atoms with E-state index in [1.165, 1.54) is 11.8 Å². The van der Waals surface area contributed by atoms with Gasteiger partial charge >= 0.3 is 0 Å². The number of nitrogen functional groups attached to an aromatic ring is 1. The van der Waals surface area contributed by atoms with Gasteiger partial charge in [0.15, 0.2) is 5.16 Å². The zero-order chi connectivity index (χ0) is 12.7. The molecule has 0 amide bonds. The van der Waals surface area contributed by atoms with Crippen LogP contribution in [-0.4, -0.2) is 46.5 Å². The number of hydrogen-bond acceptors (Lipinski definition) is 6. The number of nitrogens with two attached hydrogens (primary N) is 1. The lowest BCUT2D eigenvalue weighted by Crippen LogP contribution is -2.25. The summed E-state index contributed by atoms with van der Waals surface area (Å²) in [5.41, 5.74) is 5.73. The first-order chi connectivity index (χ1) is 8.19. The highest BCUT2D eigenvalue weighted by Crippen LogP contribution is 2.20. The van der Waals surface area contributed by atoms with Crippen molar-refractivity contribution in [1.29, 1.82) is 0 Å². The van der Waals surface area contributed by atoms with Crippen LogP contribution in [0.15, 0.2) is 16.2 Å². The Hall–Kier alpha value is -0.460. The first-order valence-corrected chi connectivity index (χ1v) is 7.94. The monoisotopic (exact) mass is 272 g/mol. The summed E-state index contributed by atoms with van der Waals surface area (Å²) in [6.45, 7) is 7.64. The molecule has 0 atom stereocenters. The van der Waals surface area contributed by atoms with Crippen molar-refractivity contribution in [2.75, 3.05) is 37.4 Å². The van der Waals surface area contributed by atoms with Gasteiger partial charge in [-0.25, -0.2) is 9.97 Å². The average molecular weight is 272 g/mol. The third-order valence-electron chi connectivity index (χ3n) is 2.44. The van der Waals surface area contributed by atoms with Gasteiger partial charge in [-0.05, 0) is 19.3 Å². The average Bonchev–Trinajstić information content (AvgIpc) is 2.34. The Morgan fingerprint density at radius 2 is 2.00 bits per heavy atom. The van der Waals surface area contributed by atoms with Crippen molar-refractivity contribution >= 4 is 29.3 Å². The van der Waals surface area contributed by atoms with Gasteiger partial charge in [-0.1, -0.05) is 25.6 Å². The van der Waals surface area contributed by atoms with Crippen LogP contribution in [-0.2, 0) is 0 Å². The first-order valence-electron chi connectivity index (χ1n) is 5.73. The van der Waals surface area contributed by atoms with Crippen LogP contribution in [0.1, 0.15) is 13.8 Å². The summed E-state index contributed by atoms with van der Waals surface area (Å²) in [6.07, 6.45) is 1.96. The maximum Gasteiger partial charge on any atom is 0.190 e. The largest absolute Gasteiger partial charge is 0.384 e. The third kappa shape index (κ3) is 5.14. The minimum Gasteiger partial charge on any atom is -0.384 e. The van der Waals surface area contributed by atoms with E-state index in [0.29, 0.717) is 5.82 Å². The molecule has 0 saturated heterocycles. The molecule has 1 aromatic rings. The van der Waals surface area contributed by atoms with Crippen molar-refractivity contribution in [2.45, 2.75) is 24.0 Å². The fourth-order valence-corrected chi connectivity index (χ4v) is 2.76. The Morgan fingerprint density at radius 3 is 2.59 bits per heavy atom. The van der Waals surface area contributed by atoms with Crippen LogP contribution in [0, 0.1) is 0 Å². The number of anilines is 1. The second-order valence-corrected chi connectivity index (χ2v) is 5.38. The highest BCUT2D eigenvalue weighted by atomic mass is 32.2. The Kier molecular flexibility index (Phi) is 6.69. The van der Waals surface area contributed by atoms with Gasteiger partial charge in [0.2, 0.25) is 0 Å². The van der Waals surface area contributed by atoms with E-state index >= 15 is 0 Å². The van der Waals surface area contributed by atoms with Gasteiger partial charge < -0.3 is 10.6 Å². The van der Waals surface area contributed by atoms with Crippen molar-refractivity contribution < 1.29 is 0 Å². The number of rotatable bonds is 7. The highest BCUT2D eigenvalue weighted by molar-refractivity contribution is 7.99. The quantitative estimate of drug-likeness (QED) is 0.466. The summed E-state index contributed by atoms with van der Waals surface area (Å²) < 4.78 is 0. The molecule has 0 aliphatic heterocycles. The predicted molar refractivity (Wildman–Crippen MR) is 76.7 cm³/mol. The number of nitrogens with zero attached hydrogens (tertiary/aromatic N) is 3. The van der Waals surface area contributed by atoms with Crippen LogP contribution >= 0.6 is 23.5 Å². The molecule has 0 bridgehead atoms. The maximum absolute atomic E-state index is 5.73. The lowest BCUT2D eigenvalue weighted by Gasteiger charge is -2.17. The van der Waals surface area contributed by atoms with Crippen molar-refractivity contribution in [2.24, 2.45) is 0 Å². The summed E-state index contributed by atoms with van der Waals surface area (Å²) in [6, 6.07) is 1.84. The second kappa shape index (κ2) is 7.79. The normalized spacial score (nSPS) is 11.1. The summed E-state index contributed by atoms with van der Waals surface area (Å²) in [5, 5.41) is 1.71. The fourth-order valence-electron chi connectivity index (χ4n) is 1.41. The third-order valence-corrected chi connectivity index (χ3v) is 3.88. The van der Waals surface area contributed by atoms with E-state index in [1.54, 1.807) is 11.8 Å². The lowest BCUT2D eigenvalue weighted by molar-refractivity contribution is 0.324. The zero-order valence-electron chi connectivity index (χ0n) is 10.6. The second-order valence-electron chi connectivity index (χ2n) is 3.49. The zero-order valence-corrected chi connectivity index (χ0v) is 12.3. The van der Waals surface area contributed by atoms with Crippen LogP contribution < -0.4 is 5.73 Å². The van der Waals surface area contributed by atoms with Crippen LogP contribution in [0.5, 0.6) is 0 Å². The fraction of sp³-hybridized carbons (Fsp3) is 0.636. The minimum absolute atomic E-state index is 0.551. The highest BCUT2D eigenvalue weighted by Gasteiger charge is 2.04. The van der Waals surface area contributed by atoms with E-state index in [0.717, 1.165) is 35.6 Å². The summed E-state index contributed by atoms with van der Waals surface area (Å²) in [7, 11) is 0. The molecule has 96 valence electrons. The van der Waals surface area contributed by atoms with Gasteiger partial charge in [-0.2, -0.15) is 0 Å². The van der Waals surface area contributed by atoms with Crippen LogP contribution in [0.4, 0.5) is 5.82 Å². The van der Waals surface area contributed by atoms with Crippen molar-refractivity contribution in [3.05, 3.63) is 6.07 Å². The molecule has 6 heteroatoms. The van der Waals surface area contributed by atoms with Crippen LogP contribution in [0.2, 0.25) is 0 Å². The van der Waals surface area contributed by atoms with Gasteiger partial charge in [0.05, 0.1) is 0 Å². The van der Waals surface area contributed by atoms with Gasteiger partial charge in [-0.3, -0.25) is 0 Å². The molecule has 4 nitrogen and oxygen atoms in total. The van der Waals surface area contributed by atoms with E-state index < -0.39 is 0 Å². The van der Waals surface area contributed by atoms with E-state index in [-0.39, 0.29) is 0 Å². The molecule has 0 saturated carbocycles. The Morgan fingerprint density at radius 1 is 1.29 bits per heavy atom. The Labute approximate surface area is 112 Å². The molecular formula is C11H20N4S2. The maximum atomic E-state index is 5.73. The lowest BCUT2D eigenvalue weighted by atomic mass is 10.5. The Bertz CT molecular complexity index is 342.